The zero-order valence-electron chi connectivity index (χ0n) is 11.4. The molecule has 0 saturated carbocycles. The minimum absolute atomic E-state index is 0.162. The van der Waals surface area contributed by atoms with E-state index in [2.05, 4.69) is 11.8 Å². The molecule has 0 fully saturated rings. The summed E-state index contributed by atoms with van der Waals surface area (Å²) in [6.07, 6.45) is -0.212. The van der Waals surface area contributed by atoms with Gasteiger partial charge in [-0.2, -0.15) is 0 Å². The molecule has 1 atom stereocenters. The Kier molecular flexibility index (Phi) is 6.12. The molecule has 0 spiro atoms. The SMILES string of the molecule is CC#CC(C)(C)C(C)C(=O)CP(=O)(OC)OC. The molecule has 1 unspecified atom stereocenters. The van der Waals surface area contributed by atoms with Crippen molar-refractivity contribution in [3.8, 4) is 11.8 Å². The molecule has 0 heterocycles. The molecule has 4 nitrogen and oxygen atoms in total. The Morgan fingerprint density at radius 3 is 2.18 bits per heavy atom. The largest absolute Gasteiger partial charge is 0.337 e. The summed E-state index contributed by atoms with van der Waals surface area (Å²) in [5, 5.41) is 0. The first-order chi connectivity index (χ1) is 7.72. The van der Waals surface area contributed by atoms with E-state index in [1.165, 1.54) is 14.2 Å². The summed E-state index contributed by atoms with van der Waals surface area (Å²) in [7, 11) is -0.723. The van der Waals surface area contributed by atoms with Crippen LogP contribution in [0.1, 0.15) is 27.7 Å². The fourth-order valence-electron chi connectivity index (χ4n) is 1.36. The number of carbonyl (C=O) groups is 1. The van der Waals surface area contributed by atoms with Gasteiger partial charge in [-0.3, -0.25) is 9.36 Å². The molecule has 0 radical (unpaired) electrons. The van der Waals surface area contributed by atoms with Gasteiger partial charge in [-0.15, -0.1) is 5.92 Å². The summed E-state index contributed by atoms with van der Waals surface area (Å²) in [6, 6.07) is 0. The summed E-state index contributed by atoms with van der Waals surface area (Å²) < 4.78 is 21.4. The van der Waals surface area contributed by atoms with Crippen molar-refractivity contribution in [2.75, 3.05) is 20.4 Å². The van der Waals surface area contributed by atoms with Crippen molar-refractivity contribution in [3.05, 3.63) is 0 Å². The van der Waals surface area contributed by atoms with Crippen molar-refractivity contribution >= 4 is 13.4 Å². The maximum Gasteiger partial charge on any atom is 0.337 e. The van der Waals surface area contributed by atoms with Gasteiger partial charge in [-0.25, -0.2) is 0 Å². The molecule has 0 aromatic heterocycles. The van der Waals surface area contributed by atoms with Gasteiger partial charge in [0.05, 0.1) is 0 Å². The van der Waals surface area contributed by atoms with Gasteiger partial charge in [0.15, 0.2) is 0 Å². The molecule has 0 aliphatic carbocycles. The van der Waals surface area contributed by atoms with Gasteiger partial charge in [0.1, 0.15) is 11.9 Å². The summed E-state index contributed by atoms with van der Waals surface area (Å²) in [5.41, 5.74) is -0.446. The highest BCUT2D eigenvalue weighted by molar-refractivity contribution is 7.54. The monoisotopic (exact) mass is 260 g/mol. The molecule has 17 heavy (non-hydrogen) atoms. The van der Waals surface area contributed by atoms with E-state index in [1.807, 2.05) is 13.8 Å². The molecule has 5 heteroatoms. The van der Waals surface area contributed by atoms with Crippen LogP contribution < -0.4 is 0 Å². The standard InChI is InChI=1S/C12H21O4P/c1-7-8-12(3,4)10(2)11(13)9-17(14,15-5)16-6/h10H,9H2,1-6H3. The van der Waals surface area contributed by atoms with Gasteiger partial charge in [-0.05, 0) is 20.8 Å². The highest BCUT2D eigenvalue weighted by Gasteiger charge is 2.34. The predicted molar refractivity (Wildman–Crippen MR) is 67.9 cm³/mol. The van der Waals surface area contributed by atoms with Crippen LogP contribution in [0.4, 0.5) is 0 Å². The molecule has 0 rings (SSSR count). The molecule has 98 valence electrons. The number of rotatable bonds is 6. The molecule has 0 bridgehead atoms. The predicted octanol–water partition coefficient (Wildman–Crippen LogP) is 2.73. The number of hydrogen-bond donors (Lipinski definition) is 0. The van der Waals surface area contributed by atoms with E-state index in [-0.39, 0.29) is 17.9 Å². The van der Waals surface area contributed by atoms with Crippen molar-refractivity contribution in [1.29, 1.82) is 0 Å². The first kappa shape index (κ1) is 16.4. The second kappa shape index (κ2) is 6.35. The third kappa shape index (κ3) is 4.63. The molecular formula is C12H21O4P. The summed E-state index contributed by atoms with van der Waals surface area (Å²) in [5.74, 6) is 5.30. The fourth-order valence-corrected chi connectivity index (χ4v) is 2.43. The van der Waals surface area contributed by atoms with Crippen LogP contribution in [0.15, 0.2) is 0 Å². The van der Waals surface area contributed by atoms with E-state index >= 15 is 0 Å². The van der Waals surface area contributed by atoms with Gasteiger partial charge >= 0.3 is 7.60 Å². The Morgan fingerprint density at radius 2 is 1.82 bits per heavy atom. The third-order valence-corrected chi connectivity index (χ3v) is 4.73. The van der Waals surface area contributed by atoms with Crippen LogP contribution in [-0.2, 0) is 18.4 Å². The number of carbonyl (C=O) groups excluding carboxylic acids is 1. The summed E-state index contributed by atoms with van der Waals surface area (Å²) >= 11 is 0. The Balaban J connectivity index is 4.83. The molecule has 0 aromatic rings. The Bertz CT molecular complexity index is 368. The fraction of sp³-hybridized carbons (Fsp3) is 0.750. The third-order valence-electron chi connectivity index (χ3n) is 2.92. The molecule has 0 aromatic carbocycles. The van der Waals surface area contributed by atoms with Crippen LogP contribution in [0.2, 0.25) is 0 Å². The van der Waals surface area contributed by atoms with Crippen LogP contribution >= 0.6 is 7.60 Å². The Hall–Kier alpha value is -0.620. The topological polar surface area (TPSA) is 52.6 Å². The zero-order chi connectivity index (χ0) is 13.7. The van der Waals surface area contributed by atoms with Crippen molar-refractivity contribution in [2.24, 2.45) is 11.3 Å². The van der Waals surface area contributed by atoms with Crippen molar-refractivity contribution in [2.45, 2.75) is 27.7 Å². The first-order valence-electron chi connectivity index (χ1n) is 5.39. The second-order valence-corrected chi connectivity index (χ2v) is 6.69. The van der Waals surface area contributed by atoms with Crippen LogP contribution in [0.3, 0.4) is 0 Å². The van der Waals surface area contributed by atoms with E-state index in [0.29, 0.717) is 0 Å². The summed E-state index contributed by atoms with van der Waals surface area (Å²) in [6.45, 7) is 7.28. The molecule has 0 aliphatic rings. The number of Topliss-reactive ketones (excluding diaryl/α,β-unsaturated/α-hetero) is 1. The highest BCUT2D eigenvalue weighted by atomic mass is 31.2. The smallest absolute Gasteiger partial charge is 0.312 e. The normalized spacial score (nSPS) is 13.8. The molecule has 0 aliphatic heterocycles. The van der Waals surface area contributed by atoms with Gasteiger partial charge in [0.2, 0.25) is 0 Å². The van der Waals surface area contributed by atoms with E-state index in [1.54, 1.807) is 13.8 Å². The Labute approximate surface area is 104 Å². The maximum absolute atomic E-state index is 12.0. The van der Waals surface area contributed by atoms with Crippen molar-refractivity contribution in [3.63, 3.8) is 0 Å². The lowest BCUT2D eigenvalue weighted by atomic mass is 9.78. The molecule has 0 amide bonds. The van der Waals surface area contributed by atoms with Gasteiger partial charge in [0, 0.05) is 25.6 Å². The van der Waals surface area contributed by atoms with Gasteiger partial charge in [-0.1, -0.05) is 12.8 Å². The van der Waals surface area contributed by atoms with E-state index in [0.717, 1.165) is 0 Å². The Morgan fingerprint density at radius 1 is 1.35 bits per heavy atom. The van der Waals surface area contributed by atoms with E-state index in [4.69, 9.17) is 9.05 Å². The highest BCUT2D eigenvalue weighted by Crippen LogP contribution is 2.47. The van der Waals surface area contributed by atoms with E-state index < -0.39 is 13.0 Å². The quantitative estimate of drug-likeness (QED) is 0.544. The minimum Gasteiger partial charge on any atom is -0.312 e. The minimum atomic E-state index is -3.28. The lowest BCUT2D eigenvalue weighted by molar-refractivity contribution is -0.122. The summed E-state index contributed by atoms with van der Waals surface area (Å²) in [4.78, 5) is 12.0. The van der Waals surface area contributed by atoms with Gasteiger partial charge in [0.25, 0.3) is 0 Å². The van der Waals surface area contributed by atoms with Crippen molar-refractivity contribution in [1.82, 2.24) is 0 Å². The lowest BCUT2D eigenvalue weighted by Crippen LogP contribution is -2.29. The average molecular weight is 260 g/mol. The molecule has 0 N–H and O–H groups in total. The molecule has 0 saturated heterocycles. The van der Waals surface area contributed by atoms with Crippen LogP contribution in [0.5, 0.6) is 0 Å². The van der Waals surface area contributed by atoms with Crippen molar-refractivity contribution < 1.29 is 18.4 Å². The van der Waals surface area contributed by atoms with E-state index in [9.17, 15) is 9.36 Å². The van der Waals surface area contributed by atoms with Crippen LogP contribution in [-0.4, -0.2) is 26.2 Å². The molecular weight excluding hydrogens is 239 g/mol. The first-order valence-corrected chi connectivity index (χ1v) is 7.12. The number of hydrogen-bond acceptors (Lipinski definition) is 4. The van der Waals surface area contributed by atoms with Crippen LogP contribution in [0.25, 0.3) is 0 Å². The average Bonchev–Trinajstić information content (AvgIpc) is 2.27. The number of ketones is 1. The van der Waals surface area contributed by atoms with Gasteiger partial charge < -0.3 is 9.05 Å². The van der Waals surface area contributed by atoms with Crippen LogP contribution in [0, 0.1) is 23.2 Å². The second-order valence-electron chi connectivity index (χ2n) is 4.42. The zero-order valence-corrected chi connectivity index (χ0v) is 12.3. The maximum atomic E-state index is 12.0. The lowest BCUT2D eigenvalue weighted by Gasteiger charge is -2.26.